The van der Waals surface area contributed by atoms with E-state index in [4.69, 9.17) is 10.5 Å². The lowest BCUT2D eigenvalue weighted by Gasteiger charge is -2.14. The molecule has 0 aliphatic heterocycles. The molecular weight excluding hydrogens is 431 g/mol. The second kappa shape index (κ2) is 9.28. The summed E-state index contributed by atoms with van der Waals surface area (Å²) in [4.78, 5) is 14.5. The van der Waals surface area contributed by atoms with Gasteiger partial charge in [0.25, 0.3) is 5.91 Å². The minimum atomic E-state index is -5.10. The lowest BCUT2D eigenvalue weighted by molar-refractivity contribution is -0.275. The van der Waals surface area contributed by atoms with Crippen LogP contribution in [0.15, 0.2) is 46.3 Å². The van der Waals surface area contributed by atoms with Crippen LogP contribution in [-0.2, 0) is 14.6 Å². The third kappa shape index (κ3) is 5.81. The Morgan fingerprint density at radius 1 is 1.33 bits per heavy atom. The van der Waals surface area contributed by atoms with E-state index in [1.54, 1.807) is 0 Å². The number of carbonyl (C=O) groups is 1. The molecule has 1 amide bonds. The lowest BCUT2D eigenvalue weighted by Crippen LogP contribution is -2.35. The number of rotatable bonds is 8. The molecule has 1 unspecified atom stereocenters. The molecular formula is C17H18F3N3O6S. The number of sulfone groups is 1. The van der Waals surface area contributed by atoms with Gasteiger partial charge in [0.1, 0.15) is 10.6 Å². The molecule has 0 bridgehead atoms. The number of hydrogen-bond acceptors (Lipinski definition) is 8. The molecule has 1 aromatic heterocycles. The molecule has 164 valence electrons. The summed E-state index contributed by atoms with van der Waals surface area (Å²) >= 11 is 0. The second-order valence-electron chi connectivity index (χ2n) is 5.93. The van der Waals surface area contributed by atoms with Crippen LogP contribution in [0.3, 0.4) is 0 Å². The number of nitrogens with one attached hydrogen (secondary N) is 1. The average Bonchev–Trinajstić information content (AvgIpc) is 2.65. The Hall–Kier alpha value is -2.90. The number of pyridine rings is 1. The van der Waals surface area contributed by atoms with E-state index in [9.17, 15) is 31.5 Å². The first-order chi connectivity index (χ1) is 14.0. The van der Waals surface area contributed by atoms with Crippen LogP contribution >= 0.6 is 0 Å². The van der Waals surface area contributed by atoms with Gasteiger partial charge in [0, 0.05) is 19.9 Å². The summed E-state index contributed by atoms with van der Waals surface area (Å²) in [5, 5.41) is 11.9. The highest BCUT2D eigenvalue weighted by Gasteiger charge is 2.34. The Bertz CT molecular complexity index is 1010. The molecule has 1 heterocycles. The van der Waals surface area contributed by atoms with E-state index in [1.165, 1.54) is 19.2 Å². The summed E-state index contributed by atoms with van der Waals surface area (Å²) in [5.41, 5.74) is 5.07. The number of alkyl halides is 3. The van der Waals surface area contributed by atoms with Crippen LogP contribution in [0.4, 0.5) is 18.9 Å². The number of para-hydroxylation sites is 1. The summed E-state index contributed by atoms with van der Waals surface area (Å²) in [6.07, 6.45) is -5.29. The van der Waals surface area contributed by atoms with Gasteiger partial charge in [0.15, 0.2) is 5.69 Å². The number of benzene rings is 1. The molecule has 0 spiro atoms. The Morgan fingerprint density at radius 2 is 2.00 bits per heavy atom. The van der Waals surface area contributed by atoms with Crippen molar-refractivity contribution in [3.63, 3.8) is 0 Å². The molecule has 2 aromatic rings. The molecule has 30 heavy (non-hydrogen) atoms. The monoisotopic (exact) mass is 449 g/mol. The van der Waals surface area contributed by atoms with E-state index in [-0.39, 0.29) is 24.5 Å². The van der Waals surface area contributed by atoms with Crippen LogP contribution in [-0.4, -0.2) is 57.1 Å². The quantitative estimate of drug-likeness (QED) is 0.545. The molecule has 9 nitrogen and oxygen atoms in total. The zero-order valence-corrected chi connectivity index (χ0v) is 16.3. The maximum atomic E-state index is 12.8. The number of methoxy groups -OCH3 is 1. The van der Waals surface area contributed by atoms with Gasteiger partial charge in [-0.2, -0.15) is 0 Å². The minimum Gasteiger partial charge on any atom is -0.404 e. The number of anilines is 1. The number of halogens is 3. The summed E-state index contributed by atoms with van der Waals surface area (Å²) in [6, 6.07) is 5.08. The number of aliphatic hydroxyl groups excluding tert-OH is 1. The number of hydrogen-bond donors (Lipinski definition) is 3. The third-order valence-electron chi connectivity index (χ3n) is 3.64. The van der Waals surface area contributed by atoms with Gasteiger partial charge in [-0.3, -0.25) is 4.79 Å². The van der Waals surface area contributed by atoms with Crippen molar-refractivity contribution < 1.29 is 41.0 Å². The molecule has 2 rings (SSSR count). The molecule has 0 saturated heterocycles. The number of nitrogen functional groups attached to an aromatic ring is 1. The van der Waals surface area contributed by atoms with Gasteiger partial charge in [-0.1, -0.05) is 12.1 Å². The lowest BCUT2D eigenvalue weighted by atomic mass is 10.2. The Balaban J connectivity index is 2.31. The largest absolute Gasteiger partial charge is 0.573 e. The van der Waals surface area contributed by atoms with Crippen LogP contribution in [0.2, 0.25) is 0 Å². The molecule has 1 atom stereocenters. The highest BCUT2D eigenvalue weighted by molar-refractivity contribution is 7.91. The fourth-order valence-corrected chi connectivity index (χ4v) is 3.71. The number of aliphatic hydroxyl groups is 1. The number of carbonyl (C=O) groups excluding carboxylic acids is 1. The van der Waals surface area contributed by atoms with Crippen molar-refractivity contribution >= 4 is 21.4 Å². The van der Waals surface area contributed by atoms with E-state index >= 15 is 0 Å². The predicted molar refractivity (Wildman–Crippen MR) is 97.4 cm³/mol. The molecule has 1 aromatic carbocycles. The fraction of sp³-hybridized carbons (Fsp3) is 0.294. The van der Waals surface area contributed by atoms with E-state index in [1.807, 2.05) is 0 Å². The highest BCUT2D eigenvalue weighted by atomic mass is 32.2. The van der Waals surface area contributed by atoms with Crippen molar-refractivity contribution in [1.82, 2.24) is 10.3 Å². The van der Waals surface area contributed by atoms with Crippen LogP contribution in [0.1, 0.15) is 10.5 Å². The molecule has 0 aliphatic carbocycles. The van der Waals surface area contributed by atoms with Gasteiger partial charge in [-0.15, -0.1) is 13.2 Å². The van der Waals surface area contributed by atoms with Crippen molar-refractivity contribution in [3.05, 3.63) is 42.2 Å². The maximum Gasteiger partial charge on any atom is 0.573 e. The first-order valence-electron chi connectivity index (χ1n) is 8.26. The molecule has 0 saturated carbocycles. The number of nitrogens with zero attached hydrogens (tertiary/aromatic N) is 1. The average molecular weight is 449 g/mol. The summed E-state index contributed by atoms with van der Waals surface area (Å²) < 4.78 is 71.8. The number of nitrogens with two attached hydrogens (primary N) is 1. The minimum absolute atomic E-state index is 0.0280. The molecule has 0 radical (unpaired) electrons. The maximum absolute atomic E-state index is 12.8. The van der Waals surface area contributed by atoms with E-state index in [0.717, 1.165) is 24.4 Å². The summed E-state index contributed by atoms with van der Waals surface area (Å²) in [7, 11) is -3.13. The number of amides is 1. The van der Waals surface area contributed by atoms with Crippen LogP contribution < -0.4 is 15.8 Å². The van der Waals surface area contributed by atoms with E-state index in [0.29, 0.717) is 0 Å². The SMILES string of the molecule is COCC(O)CNC(=O)c1ncc(S(=O)(=O)c2ccccc2OC(F)(F)F)cc1N. The summed E-state index contributed by atoms with van der Waals surface area (Å²) in [5.74, 6) is -1.70. The topological polar surface area (TPSA) is 141 Å². The normalized spacial score (nSPS) is 13.0. The molecule has 4 N–H and O–H groups in total. The molecule has 0 fully saturated rings. The summed E-state index contributed by atoms with van der Waals surface area (Å²) in [6.45, 7) is -0.199. The van der Waals surface area contributed by atoms with Gasteiger partial charge >= 0.3 is 6.36 Å². The zero-order chi connectivity index (χ0) is 22.5. The first kappa shape index (κ1) is 23.4. The number of aromatic nitrogens is 1. The van der Waals surface area contributed by atoms with Crippen molar-refractivity contribution in [2.45, 2.75) is 22.3 Å². The smallest absolute Gasteiger partial charge is 0.404 e. The van der Waals surface area contributed by atoms with Gasteiger partial charge in [0.2, 0.25) is 9.84 Å². The van der Waals surface area contributed by atoms with Gasteiger partial charge in [-0.25, -0.2) is 13.4 Å². The second-order valence-corrected chi connectivity index (χ2v) is 7.84. The zero-order valence-electron chi connectivity index (χ0n) is 15.5. The van der Waals surface area contributed by atoms with Crippen molar-refractivity contribution in [2.75, 3.05) is 26.0 Å². The van der Waals surface area contributed by atoms with Gasteiger partial charge in [0.05, 0.1) is 23.3 Å². The first-order valence-corrected chi connectivity index (χ1v) is 9.74. The molecule has 13 heteroatoms. The Labute approximate surface area is 169 Å². The van der Waals surface area contributed by atoms with E-state index in [2.05, 4.69) is 15.0 Å². The van der Waals surface area contributed by atoms with Gasteiger partial charge in [-0.05, 0) is 18.2 Å². The third-order valence-corrected chi connectivity index (χ3v) is 5.40. The van der Waals surface area contributed by atoms with Crippen molar-refractivity contribution in [1.29, 1.82) is 0 Å². The van der Waals surface area contributed by atoms with Crippen LogP contribution in [0.5, 0.6) is 5.75 Å². The predicted octanol–water partition coefficient (Wildman–Crippen LogP) is 1.13. The molecule has 0 aliphatic rings. The standard InChI is InChI=1S/C17H18F3N3O6S/c1-28-9-10(24)7-23-16(25)15-12(21)6-11(8-22-15)30(26,27)14-5-3-2-4-13(14)29-17(18,19)20/h2-6,8,10,24H,7,9,21H2,1H3,(H,23,25). The van der Waals surface area contributed by atoms with Crippen molar-refractivity contribution in [2.24, 2.45) is 0 Å². The van der Waals surface area contributed by atoms with Crippen LogP contribution in [0.25, 0.3) is 0 Å². The highest BCUT2D eigenvalue weighted by Crippen LogP contribution is 2.33. The fourth-order valence-electron chi connectivity index (χ4n) is 2.35. The van der Waals surface area contributed by atoms with Gasteiger partial charge < -0.3 is 25.6 Å². The van der Waals surface area contributed by atoms with Crippen molar-refractivity contribution in [3.8, 4) is 5.75 Å². The van der Waals surface area contributed by atoms with Crippen LogP contribution in [0, 0.1) is 0 Å². The Kier molecular flexibility index (Phi) is 7.23. The van der Waals surface area contributed by atoms with E-state index < -0.39 is 43.8 Å². The number of ether oxygens (including phenoxy) is 2. The Morgan fingerprint density at radius 3 is 2.60 bits per heavy atom.